The lowest BCUT2D eigenvalue weighted by molar-refractivity contribution is 0.930. The lowest BCUT2D eigenvalue weighted by atomic mass is 10.1. The molecule has 5 rings (SSSR count). The van der Waals surface area contributed by atoms with Gasteiger partial charge in [0.25, 0.3) is 0 Å². The Morgan fingerprint density at radius 3 is 2.81 bits per heavy atom. The Morgan fingerprint density at radius 1 is 0.962 bits per heavy atom. The van der Waals surface area contributed by atoms with Gasteiger partial charge in [0.2, 0.25) is 0 Å². The number of rotatable bonds is 1. The van der Waals surface area contributed by atoms with Crippen LogP contribution in [0.3, 0.4) is 0 Å². The molecule has 1 aromatic carbocycles. The van der Waals surface area contributed by atoms with Gasteiger partial charge in [0.1, 0.15) is 5.69 Å². The summed E-state index contributed by atoms with van der Waals surface area (Å²) in [6, 6.07) is 16.5. The van der Waals surface area contributed by atoms with E-state index in [1.165, 1.54) is 0 Å². The highest BCUT2D eigenvalue weighted by Crippen LogP contribution is 2.17. The summed E-state index contributed by atoms with van der Waals surface area (Å²) in [7, 11) is 0. The molecular formula is C20H11N6. The Labute approximate surface area is 148 Å². The number of nitrogens with zero attached hydrogens (tertiary/aromatic N) is 5. The summed E-state index contributed by atoms with van der Waals surface area (Å²) < 4.78 is 1.76. The van der Waals surface area contributed by atoms with Crippen molar-refractivity contribution in [2.45, 2.75) is 0 Å². The van der Waals surface area contributed by atoms with Crippen LogP contribution in [0.1, 0.15) is 11.3 Å². The number of nitrogens with one attached hydrogen (secondary N) is 1. The summed E-state index contributed by atoms with van der Waals surface area (Å²) in [4.78, 5) is 8.60. The smallest absolute Gasteiger partial charge is 0.156 e. The van der Waals surface area contributed by atoms with E-state index >= 15 is 0 Å². The highest BCUT2D eigenvalue weighted by atomic mass is 15.3. The number of pyridine rings is 1. The van der Waals surface area contributed by atoms with Gasteiger partial charge in [0.05, 0.1) is 23.5 Å². The third-order valence-electron chi connectivity index (χ3n) is 4.06. The molecular weight excluding hydrogens is 324 g/mol. The van der Waals surface area contributed by atoms with Crippen LogP contribution in [-0.4, -0.2) is 29.8 Å². The normalized spacial score (nSPS) is 10.8. The maximum atomic E-state index is 4.68. The minimum Gasteiger partial charge on any atom is -0.261 e. The highest BCUT2D eigenvalue weighted by Gasteiger charge is 2.06. The van der Waals surface area contributed by atoms with Gasteiger partial charge in [-0.2, -0.15) is 10.2 Å². The zero-order chi connectivity index (χ0) is 17.3. The summed E-state index contributed by atoms with van der Waals surface area (Å²) in [6.45, 7) is 0. The molecule has 1 N–H and O–H groups in total. The molecule has 4 aromatic heterocycles. The second-order valence-corrected chi connectivity index (χ2v) is 5.66. The molecule has 6 heteroatoms. The lowest BCUT2D eigenvalue weighted by Crippen LogP contribution is -1.96. The molecule has 4 heterocycles. The first-order chi connectivity index (χ1) is 12.9. The van der Waals surface area contributed by atoms with Gasteiger partial charge in [-0.15, -0.1) is 0 Å². The van der Waals surface area contributed by atoms with Crippen molar-refractivity contribution >= 4 is 16.7 Å². The molecule has 0 aliphatic carbocycles. The summed E-state index contributed by atoms with van der Waals surface area (Å²) >= 11 is 0. The van der Waals surface area contributed by atoms with Crippen molar-refractivity contribution in [3.63, 3.8) is 0 Å². The van der Waals surface area contributed by atoms with Gasteiger partial charge in [0.15, 0.2) is 11.3 Å². The fourth-order valence-electron chi connectivity index (χ4n) is 2.76. The fourth-order valence-corrected chi connectivity index (χ4v) is 2.76. The van der Waals surface area contributed by atoms with Crippen LogP contribution in [-0.2, 0) is 0 Å². The molecule has 5 aromatic rings. The van der Waals surface area contributed by atoms with Crippen molar-refractivity contribution in [3.8, 4) is 23.1 Å². The Morgan fingerprint density at radius 2 is 1.88 bits per heavy atom. The molecule has 26 heavy (non-hydrogen) atoms. The average Bonchev–Trinajstić information content (AvgIpc) is 3.33. The van der Waals surface area contributed by atoms with Crippen LogP contribution in [0.5, 0.6) is 0 Å². The molecule has 0 amide bonds. The van der Waals surface area contributed by atoms with E-state index in [0.717, 1.165) is 39.2 Å². The summed E-state index contributed by atoms with van der Waals surface area (Å²) in [6.07, 6.45) is 5.16. The molecule has 0 spiro atoms. The Balaban J connectivity index is 1.61. The minimum atomic E-state index is 0.719. The average molecular weight is 335 g/mol. The molecule has 0 fully saturated rings. The quantitative estimate of drug-likeness (QED) is 0.478. The van der Waals surface area contributed by atoms with Gasteiger partial charge in [0, 0.05) is 17.3 Å². The number of imidazole rings is 1. The summed E-state index contributed by atoms with van der Waals surface area (Å²) in [5, 5.41) is 12.4. The SMILES string of the molecule is C(#Cc1cnc2ccc(-c3cc[c]cc3)nn12)c1ccnc2[nH]ncc12. The van der Waals surface area contributed by atoms with Crippen LogP contribution >= 0.6 is 0 Å². The third kappa shape index (κ3) is 2.39. The monoisotopic (exact) mass is 335 g/mol. The first-order valence-electron chi connectivity index (χ1n) is 8.00. The maximum absolute atomic E-state index is 4.68. The van der Waals surface area contributed by atoms with Crippen molar-refractivity contribution in [3.05, 3.63) is 78.4 Å². The second kappa shape index (κ2) is 5.83. The molecule has 121 valence electrons. The zero-order valence-electron chi connectivity index (χ0n) is 13.5. The number of aromatic amines is 1. The molecule has 0 atom stereocenters. The molecule has 0 aliphatic heterocycles. The topological polar surface area (TPSA) is 71.8 Å². The van der Waals surface area contributed by atoms with Gasteiger partial charge in [-0.25, -0.2) is 14.5 Å². The number of benzene rings is 1. The van der Waals surface area contributed by atoms with Crippen LogP contribution in [0, 0.1) is 17.9 Å². The highest BCUT2D eigenvalue weighted by molar-refractivity contribution is 5.81. The molecule has 0 unspecified atom stereocenters. The molecule has 0 saturated heterocycles. The third-order valence-corrected chi connectivity index (χ3v) is 4.06. The Kier molecular flexibility index (Phi) is 3.22. The molecule has 1 radical (unpaired) electrons. The lowest BCUT2D eigenvalue weighted by Gasteiger charge is -2.01. The van der Waals surface area contributed by atoms with E-state index in [-0.39, 0.29) is 0 Å². The van der Waals surface area contributed by atoms with Crippen LogP contribution in [0.25, 0.3) is 27.9 Å². The van der Waals surface area contributed by atoms with Crippen molar-refractivity contribution < 1.29 is 0 Å². The molecule has 0 bridgehead atoms. The van der Waals surface area contributed by atoms with E-state index in [2.05, 4.69) is 43.2 Å². The number of fused-ring (bicyclic) bond motifs is 2. The van der Waals surface area contributed by atoms with Gasteiger partial charge >= 0.3 is 0 Å². The number of hydrogen-bond acceptors (Lipinski definition) is 4. The van der Waals surface area contributed by atoms with E-state index in [4.69, 9.17) is 0 Å². The van der Waals surface area contributed by atoms with Crippen LogP contribution in [0.15, 0.2) is 61.1 Å². The van der Waals surface area contributed by atoms with Crippen LogP contribution in [0.4, 0.5) is 0 Å². The van der Waals surface area contributed by atoms with E-state index in [1.807, 2.05) is 42.5 Å². The van der Waals surface area contributed by atoms with Gasteiger partial charge < -0.3 is 0 Å². The minimum absolute atomic E-state index is 0.719. The van der Waals surface area contributed by atoms with Crippen molar-refractivity contribution in [2.75, 3.05) is 0 Å². The standard InChI is InChI=1S/C20H11N6/c1-2-4-15(5-3-1)18-8-9-19-22-12-16(26(19)25-18)7-6-14-10-11-21-20-17(14)13-23-24-20/h2-5,8-13H,(H,21,23,24). The van der Waals surface area contributed by atoms with Crippen LogP contribution < -0.4 is 0 Å². The molecule has 0 saturated carbocycles. The van der Waals surface area contributed by atoms with Crippen molar-refractivity contribution in [1.29, 1.82) is 0 Å². The Bertz CT molecular complexity index is 1290. The molecule has 6 nitrogen and oxygen atoms in total. The maximum Gasteiger partial charge on any atom is 0.156 e. The van der Waals surface area contributed by atoms with E-state index in [9.17, 15) is 0 Å². The van der Waals surface area contributed by atoms with Crippen molar-refractivity contribution in [1.82, 2.24) is 29.8 Å². The first-order valence-corrected chi connectivity index (χ1v) is 8.00. The van der Waals surface area contributed by atoms with E-state index < -0.39 is 0 Å². The predicted molar refractivity (Wildman–Crippen MR) is 97.1 cm³/mol. The van der Waals surface area contributed by atoms with Crippen molar-refractivity contribution in [2.24, 2.45) is 0 Å². The summed E-state index contributed by atoms with van der Waals surface area (Å²) in [5.74, 6) is 6.33. The van der Waals surface area contributed by atoms with E-state index in [0.29, 0.717) is 0 Å². The fraction of sp³-hybridized carbons (Fsp3) is 0. The van der Waals surface area contributed by atoms with Gasteiger partial charge in [-0.05, 0) is 30.2 Å². The second-order valence-electron chi connectivity index (χ2n) is 5.66. The van der Waals surface area contributed by atoms with Crippen LogP contribution in [0.2, 0.25) is 0 Å². The number of aromatic nitrogens is 6. The zero-order valence-corrected chi connectivity index (χ0v) is 13.5. The number of hydrogen-bond donors (Lipinski definition) is 1. The summed E-state index contributed by atoms with van der Waals surface area (Å²) in [5.41, 5.74) is 4.92. The molecule has 0 aliphatic rings. The van der Waals surface area contributed by atoms with Gasteiger partial charge in [-0.3, -0.25) is 5.10 Å². The predicted octanol–water partition coefficient (Wildman–Crippen LogP) is 2.87. The van der Waals surface area contributed by atoms with Gasteiger partial charge in [-0.1, -0.05) is 30.2 Å². The first kappa shape index (κ1) is 14.4. The number of H-pyrrole nitrogens is 1. The largest absolute Gasteiger partial charge is 0.261 e. The van der Waals surface area contributed by atoms with E-state index in [1.54, 1.807) is 23.1 Å². The Hall–Kier alpha value is -3.98.